The SMILES string of the molecule is CC/C(=C\c1ccccc1O)CC[C@@H](O)C1=C(C(C)C)C[C@H]2C(=O)N(C3CCN(Cc4ccccc4)CC3)C(=O)[C@H]2[C@H]1CO. The number of piperidine rings is 1. The van der Waals surface area contributed by atoms with Gasteiger partial charge >= 0.3 is 0 Å². The van der Waals surface area contributed by atoms with Crippen molar-refractivity contribution < 1.29 is 24.9 Å². The van der Waals surface area contributed by atoms with Gasteiger partial charge in [0, 0.05) is 37.2 Å². The van der Waals surface area contributed by atoms with Crippen molar-refractivity contribution in [3.05, 3.63) is 82.4 Å². The maximum atomic E-state index is 14.0. The van der Waals surface area contributed by atoms with E-state index >= 15 is 0 Å². The first kappa shape index (κ1) is 32.1. The van der Waals surface area contributed by atoms with Crippen molar-refractivity contribution in [1.29, 1.82) is 0 Å². The van der Waals surface area contributed by atoms with Crippen LogP contribution in [0.25, 0.3) is 6.08 Å². The second-order valence-corrected chi connectivity index (χ2v) is 13.1. The minimum absolute atomic E-state index is 0.0790. The Kier molecular flexibility index (Phi) is 10.4. The van der Waals surface area contributed by atoms with Crippen molar-refractivity contribution in [2.45, 2.75) is 78.0 Å². The molecule has 2 saturated heterocycles. The normalized spacial score (nSPS) is 24.4. The van der Waals surface area contributed by atoms with E-state index in [1.165, 1.54) is 10.5 Å². The molecule has 2 fully saturated rings. The van der Waals surface area contributed by atoms with Gasteiger partial charge in [-0.15, -0.1) is 0 Å². The van der Waals surface area contributed by atoms with Gasteiger partial charge in [0.05, 0.1) is 24.5 Å². The molecule has 0 bridgehead atoms. The quantitative estimate of drug-likeness (QED) is 0.231. The number of hydrogen-bond acceptors (Lipinski definition) is 6. The van der Waals surface area contributed by atoms with E-state index in [0.717, 1.165) is 61.2 Å². The van der Waals surface area contributed by atoms with Crippen LogP contribution in [0.3, 0.4) is 0 Å². The maximum absolute atomic E-state index is 14.0. The number of aromatic hydroxyl groups is 1. The third-order valence-corrected chi connectivity index (χ3v) is 10.1. The highest BCUT2D eigenvalue weighted by molar-refractivity contribution is 6.06. The van der Waals surface area contributed by atoms with Crippen molar-refractivity contribution in [2.24, 2.45) is 23.7 Å². The molecule has 2 aromatic carbocycles. The molecule has 4 atom stereocenters. The molecule has 3 aliphatic rings. The Balaban J connectivity index is 1.30. The van der Waals surface area contributed by atoms with E-state index in [1.807, 2.05) is 36.4 Å². The highest BCUT2D eigenvalue weighted by Crippen LogP contribution is 2.49. The molecular formula is C37H48N2O5. The summed E-state index contributed by atoms with van der Waals surface area (Å²) in [5.74, 6) is -1.68. The number of nitrogens with zero attached hydrogens (tertiary/aromatic N) is 2. The number of aliphatic hydroxyl groups excluding tert-OH is 2. The minimum atomic E-state index is -0.831. The Labute approximate surface area is 261 Å². The largest absolute Gasteiger partial charge is 0.507 e. The molecule has 7 nitrogen and oxygen atoms in total. The molecule has 0 unspecified atom stereocenters. The van der Waals surface area contributed by atoms with Gasteiger partial charge in [0.1, 0.15) is 5.75 Å². The summed E-state index contributed by atoms with van der Waals surface area (Å²) in [5, 5.41) is 32.6. The number of likely N-dealkylation sites (tertiary alicyclic amines) is 2. The third kappa shape index (κ3) is 6.70. The summed E-state index contributed by atoms with van der Waals surface area (Å²) in [5.41, 5.74) is 4.86. The molecule has 3 N–H and O–H groups in total. The Morgan fingerprint density at radius 2 is 1.68 bits per heavy atom. The molecule has 2 heterocycles. The lowest BCUT2D eigenvalue weighted by Gasteiger charge is -2.38. The first-order valence-electron chi connectivity index (χ1n) is 16.4. The number of benzene rings is 2. The average Bonchev–Trinajstić information content (AvgIpc) is 3.28. The van der Waals surface area contributed by atoms with Gasteiger partial charge in [-0.05, 0) is 61.6 Å². The fraction of sp³-hybridized carbons (Fsp3) is 0.514. The first-order chi connectivity index (χ1) is 21.2. The van der Waals surface area contributed by atoms with Gasteiger partial charge in [-0.1, -0.05) is 86.5 Å². The van der Waals surface area contributed by atoms with Gasteiger partial charge in [0.15, 0.2) is 0 Å². The number of carbonyl (C=O) groups is 2. The monoisotopic (exact) mass is 600 g/mol. The number of hydrogen-bond donors (Lipinski definition) is 3. The first-order valence-corrected chi connectivity index (χ1v) is 16.4. The smallest absolute Gasteiger partial charge is 0.234 e. The summed E-state index contributed by atoms with van der Waals surface area (Å²) >= 11 is 0. The van der Waals surface area contributed by atoms with E-state index < -0.39 is 23.9 Å². The van der Waals surface area contributed by atoms with E-state index in [-0.39, 0.29) is 36.1 Å². The van der Waals surface area contributed by atoms with Gasteiger partial charge in [0.2, 0.25) is 11.8 Å². The van der Waals surface area contributed by atoms with Gasteiger partial charge in [0.25, 0.3) is 0 Å². The summed E-state index contributed by atoms with van der Waals surface area (Å²) in [6, 6.07) is 17.4. The van der Waals surface area contributed by atoms with Crippen LogP contribution in [0.15, 0.2) is 71.3 Å². The van der Waals surface area contributed by atoms with Crippen LogP contribution < -0.4 is 0 Å². The number of carbonyl (C=O) groups excluding carboxylic acids is 2. The molecule has 44 heavy (non-hydrogen) atoms. The Morgan fingerprint density at radius 3 is 2.32 bits per heavy atom. The van der Waals surface area contributed by atoms with E-state index in [4.69, 9.17) is 0 Å². The van der Waals surface area contributed by atoms with Crippen LogP contribution in [-0.4, -0.2) is 68.8 Å². The summed E-state index contributed by atoms with van der Waals surface area (Å²) in [4.78, 5) is 31.8. The van der Waals surface area contributed by atoms with Crippen LogP contribution in [0.2, 0.25) is 0 Å². The van der Waals surface area contributed by atoms with Gasteiger partial charge in [-0.25, -0.2) is 0 Å². The number of imide groups is 1. The topological polar surface area (TPSA) is 101 Å². The highest BCUT2D eigenvalue weighted by Gasteiger charge is 2.56. The maximum Gasteiger partial charge on any atom is 0.234 e. The molecule has 0 saturated carbocycles. The van der Waals surface area contributed by atoms with E-state index in [0.29, 0.717) is 19.3 Å². The summed E-state index contributed by atoms with van der Waals surface area (Å²) in [6.45, 7) is 8.41. The molecular weight excluding hydrogens is 552 g/mol. The van der Waals surface area contributed by atoms with Gasteiger partial charge < -0.3 is 15.3 Å². The van der Waals surface area contributed by atoms with Crippen molar-refractivity contribution in [2.75, 3.05) is 19.7 Å². The highest BCUT2D eigenvalue weighted by atomic mass is 16.3. The zero-order chi connectivity index (χ0) is 31.4. The van der Waals surface area contributed by atoms with Crippen LogP contribution >= 0.6 is 0 Å². The Hall–Kier alpha value is -3.26. The van der Waals surface area contributed by atoms with E-state index in [9.17, 15) is 24.9 Å². The molecule has 2 aromatic rings. The Morgan fingerprint density at radius 1 is 1.00 bits per heavy atom. The lowest BCUT2D eigenvalue weighted by molar-refractivity contribution is -0.144. The number of fused-ring (bicyclic) bond motifs is 1. The molecule has 5 rings (SSSR count). The van der Waals surface area contributed by atoms with Gasteiger partial charge in [-0.3, -0.25) is 19.4 Å². The summed E-state index contributed by atoms with van der Waals surface area (Å²) in [6.07, 6.45) is 4.93. The van der Waals surface area contributed by atoms with E-state index in [2.05, 4.69) is 37.8 Å². The molecule has 236 valence electrons. The van der Waals surface area contributed by atoms with Crippen LogP contribution in [0.5, 0.6) is 5.75 Å². The number of amides is 2. The predicted octanol–water partition coefficient (Wildman–Crippen LogP) is 5.56. The minimum Gasteiger partial charge on any atom is -0.507 e. The van der Waals surface area contributed by atoms with Crippen LogP contribution in [0.4, 0.5) is 0 Å². The van der Waals surface area contributed by atoms with Gasteiger partial charge in [-0.2, -0.15) is 0 Å². The molecule has 2 amide bonds. The van der Waals surface area contributed by atoms with Crippen molar-refractivity contribution in [3.63, 3.8) is 0 Å². The fourth-order valence-electron chi connectivity index (χ4n) is 7.66. The number of phenolic OH excluding ortho intramolecular Hbond substituents is 1. The third-order valence-electron chi connectivity index (χ3n) is 10.1. The fourth-order valence-corrected chi connectivity index (χ4v) is 7.66. The predicted molar refractivity (Wildman–Crippen MR) is 172 cm³/mol. The van der Waals surface area contributed by atoms with Crippen LogP contribution in [-0.2, 0) is 16.1 Å². The number of aliphatic hydroxyl groups is 2. The standard InChI is InChI=1S/C37H48N2O5/c1-4-25(20-27-12-8-9-13-32(27)41)14-15-33(42)34-29(24(2)3)21-30-35(31(34)23-40)37(44)39(36(30)43)28-16-18-38(19-17-28)22-26-10-6-5-7-11-26/h5-13,20,24,28,30-31,33,35,40-42H,4,14-19,21-23H2,1-3H3/b25-20+/t30-,31+,33-,35-/m1/s1. The number of para-hydroxylation sites is 1. The number of allylic oxidation sites excluding steroid dienone is 2. The van der Waals surface area contributed by atoms with Crippen molar-refractivity contribution >= 4 is 17.9 Å². The molecule has 0 radical (unpaired) electrons. The van der Waals surface area contributed by atoms with Crippen molar-refractivity contribution in [3.8, 4) is 5.75 Å². The number of rotatable bonds is 11. The van der Waals surface area contributed by atoms with E-state index in [1.54, 1.807) is 12.1 Å². The molecule has 2 aliphatic heterocycles. The van der Waals surface area contributed by atoms with Crippen LogP contribution in [0.1, 0.15) is 70.4 Å². The lowest BCUT2D eigenvalue weighted by atomic mass is 9.66. The van der Waals surface area contributed by atoms with Crippen LogP contribution in [0, 0.1) is 23.7 Å². The second kappa shape index (κ2) is 14.2. The Bertz CT molecular complexity index is 1380. The molecule has 7 heteroatoms. The average molecular weight is 601 g/mol. The molecule has 1 aliphatic carbocycles. The number of phenols is 1. The zero-order valence-electron chi connectivity index (χ0n) is 26.4. The van der Waals surface area contributed by atoms with Crippen molar-refractivity contribution in [1.82, 2.24) is 9.80 Å². The molecule has 0 aromatic heterocycles. The second-order valence-electron chi connectivity index (χ2n) is 13.1. The zero-order valence-corrected chi connectivity index (χ0v) is 26.4. The summed E-state index contributed by atoms with van der Waals surface area (Å²) < 4.78 is 0. The summed E-state index contributed by atoms with van der Waals surface area (Å²) in [7, 11) is 0. The lowest BCUT2D eigenvalue weighted by Crippen LogP contribution is -2.47. The molecule has 0 spiro atoms.